The first kappa shape index (κ1) is 10.9. The lowest BCUT2D eigenvalue weighted by Gasteiger charge is -2.21. The number of hydrogen-bond acceptors (Lipinski definition) is 3. The molecule has 0 aliphatic heterocycles. The van der Waals surface area contributed by atoms with Crippen LogP contribution in [0.2, 0.25) is 0 Å². The molecule has 0 saturated carbocycles. The Bertz CT molecular complexity index is 323. The van der Waals surface area contributed by atoms with E-state index in [1.165, 1.54) is 11.1 Å². The molecule has 0 spiro atoms. The summed E-state index contributed by atoms with van der Waals surface area (Å²) < 4.78 is 0. The second-order valence-electron chi connectivity index (χ2n) is 3.58. The molecule has 0 bridgehead atoms. The molecule has 1 aromatic carbocycles. The zero-order chi connectivity index (χ0) is 10.7. The third-order valence-corrected chi connectivity index (χ3v) is 2.62. The quantitative estimate of drug-likeness (QED) is 0.726. The van der Waals surface area contributed by atoms with E-state index < -0.39 is 0 Å². The van der Waals surface area contributed by atoms with Crippen molar-refractivity contribution in [3.8, 4) is 0 Å². The summed E-state index contributed by atoms with van der Waals surface area (Å²) >= 11 is 0. The van der Waals surface area contributed by atoms with Crippen molar-refractivity contribution >= 4 is 11.4 Å². The third kappa shape index (κ3) is 1.99. The van der Waals surface area contributed by atoms with Gasteiger partial charge in [0.15, 0.2) is 0 Å². The van der Waals surface area contributed by atoms with Crippen molar-refractivity contribution in [2.75, 3.05) is 24.0 Å². The summed E-state index contributed by atoms with van der Waals surface area (Å²) in [6.45, 7) is 7.10. The number of hydrogen-bond donors (Lipinski definition) is 2. The van der Waals surface area contributed by atoms with E-state index in [-0.39, 0.29) is 0 Å². The van der Waals surface area contributed by atoms with Crippen molar-refractivity contribution in [1.82, 2.24) is 0 Å². The summed E-state index contributed by atoms with van der Waals surface area (Å²) in [5.41, 5.74) is 6.44. The van der Waals surface area contributed by atoms with Crippen LogP contribution in [0.5, 0.6) is 0 Å². The molecule has 0 heterocycles. The van der Waals surface area contributed by atoms with Crippen LogP contribution in [0.25, 0.3) is 0 Å². The Hall–Kier alpha value is -1.22. The molecule has 1 aromatic rings. The normalized spacial score (nSPS) is 10.1. The fourth-order valence-corrected chi connectivity index (χ4v) is 1.38. The highest BCUT2D eigenvalue weighted by Gasteiger charge is 2.07. The molecule has 3 heteroatoms. The molecule has 0 unspecified atom stereocenters. The summed E-state index contributed by atoms with van der Waals surface area (Å²) in [6.07, 6.45) is 0. The van der Waals surface area contributed by atoms with Gasteiger partial charge in [0.2, 0.25) is 0 Å². The van der Waals surface area contributed by atoms with E-state index >= 15 is 0 Å². The highest BCUT2D eigenvalue weighted by molar-refractivity contribution is 5.71. The Morgan fingerprint density at radius 2 is 1.86 bits per heavy atom. The number of benzene rings is 1. The topological polar surface area (TPSA) is 35.5 Å². The minimum atomic E-state index is 0.762. The van der Waals surface area contributed by atoms with Crippen LogP contribution >= 0.6 is 0 Å². The summed E-state index contributed by atoms with van der Waals surface area (Å²) in [7, 11) is 2.00. The van der Waals surface area contributed by atoms with Gasteiger partial charge in [-0.25, -0.2) is 0 Å². The number of aryl methyl sites for hydroxylation is 2. The predicted molar refractivity (Wildman–Crippen MR) is 60.3 cm³/mol. The van der Waals surface area contributed by atoms with Crippen molar-refractivity contribution in [3.63, 3.8) is 0 Å². The number of rotatable bonds is 3. The molecule has 0 amide bonds. The average Bonchev–Trinajstić information content (AvgIpc) is 2.20. The van der Waals surface area contributed by atoms with Gasteiger partial charge in [0, 0.05) is 13.6 Å². The molecule has 0 aliphatic rings. The molecule has 0 atom stereocenters. The van der Waals surface area contributed by atoms with E-state index in [2.05, 4.69) is 30.3 Å². The summed E-state index contributed by atoms with van der Waals surface area (Å²) in [5, 5.41) is 9.00. The first-order valence-electron chi connectivity index (χ1n) is 4.82. The molecule has 14 heavy (non-hydrogen) atoms. The maximum atomic E-state index is 9.00. The van der Waals surface area contributed by atoms with Gasteiger partial charge in [-0.3, -0.25) is 10.7 Å². The lowest BCUT2D eigenvalue weighted by Crippen LogP contribution is -2.17. The monoisotopic (exact) mass is 194 g/mol. The fraction of sp³-hybridized carbons (Fsp3) is 0.455. The summed E-state index contributed by atoms with van der Waals surface area (Å²) in [6, 6.07) is 4.04. The third-order valence-electron chi connectivity index (χ3n) is 2.62. The van der Waals surface area contributed by atoms with Gasteiger partial charge in [-0.15, -0.1) is 0 Å². The van der Waals surface area contributed by atoms with Crippen molar-refractivity contribution < 1.29 is 5.21 Å². The molecule has 0 radical (unpaired) electrons. The van der Waals surface area contributed by atoms with Gasteiger partial charge < -0.3 is 4.90 Å². The molecule has 3 nitrogen and oxygen atoms in total. The summed E-state index contributed by atoms with van der Waals surface area (Å²) in [4.78, 5) is 2.09. The molecular weight excluding hydrogens is 176 g/mol. The molecule has 0 saturated heterocycles. The van der Waals surface area contributed by atoms with Crippen molar-refractivity contribution in [2.24, 2.45) is 0 Å². The van der Waals surface area contributed by atoms with Gasteiger partial charge in [-0.05, 0) is 44.0 Å². The van der Waals surface area contributed by atoms with Crippen LogP contribution in [0.3, 0.4) is 0 Å². The molecule has 0 aromatic heterocycles. The van der Waals surface area contributed by atoms with Gasteiger partial charge in [0.05, 0.1) is 11.4 Å². The maximum absolute atomic E-state index is 9.00. The zero-order valence-electron chi connectivity index (χ0n) is 9.26. The van der Waals surface area contributed by atoms with Gasteiger partial charge in [0.1, 0.15) is 0 Å². The first-order valence-corrected chi connectivity index (χ1v) is 4.82. The van der Waals surface area contributed by atoms with Gasteiger partial charge in [-0.1, -0.05) is 0 Å². The Kier molecular flexibility index (Phi) is 3.36. The Balaban J connectivity index is 3.19. The largest absolute Gasteiger partial charge is 0.373 e. The molecule has 78 valence electrons. The van der Waals surface area contributed by atoms with Gasteiger partial charge in [-0.2, -0.15) is 0 Å². The molecule has 2 N–H and O–H groups in total. The number of anilines is 2. The number of nitrogens with one attached hydrogen (secondary N) is 1. The van der Waals surface area contributed by atoms with E-state index in [1.54, 1.807) is 0 Å². The maximum Gasteiger partial charge on any atom is 0.0838 e. The van der Waals surface area contributed by atoms with E-state index in [0.717, 1.165) is 17.9 Å². The van der Waals surface area contributed by atoms with Gasteiger partial charge in [0.25, 0.3) is 0 Å². The standard InChI is InChI=1S/C11H18N2O/c1-5-13(4)11-7-9(3)8(2)6-10(11)12-14/h6-7,12,14H,5H2,1-4H3. The lowest BCUT2D eigenvalue weighted by atomic mass is 10.1. The average molecular weight is 194 g/mol. The minimum absolute atomic E-state index is 0.762. The molecule has 1 rings (SSSR count). The Morgan fingerprint density at radius 3 is 2.36 bits per heavy atom. The predicted octanol–water partition coefficient (Wildman–Crippen LogP) is 2.56. The highest BCUT2D eigenvalue weighted by Crippen LogP contribution is 2.27. The number of nitrogens with zero attached hydrogens (tertiary/aromatic N) is 1. The fourth-order valence-electron chi connectivity index (χ4n) is 1.38. The van der Waals surface area contributed by atoms with Crippen LogP contribution in [-0.4, -0.2) is 18.8 Å². The van der Waals surface area contributed by atoms with E-state index in [0.29, 0.717) is 0 Å². The Morgan fingerprint density at radius 1 is 1.29 bits per heavy atom. The Labute approximate surface area is 85.3 Å². The van der Waals surface area contributed by atoms with Crippen molar-refractivity contribution in [2.45, 2.75) is 20.8 Å². The van der Waals surface area contributed by atoms with E-state index in [4.69, 9.17) is 5.21 Å². The first-order chi connectivity index (χ1) is 6.60. The summed E-state index contributed by atoms with van der Waals surface area (Å²) in [5.74, 6) is 0. The van der Waals surface area contributed by atoms with Crippen LogP contribution in [0.1, 0.15) is 18.1 Å². The van der Waals surface area contributed by atoms with Crippen LogP contribution in [0.15, 0.2) is 12.1 Å². The minimum Gasteiger partial charge on any atom is -0.373 e. The van der Waals surface area contributed by atoms with Crippen LogP contribution in [0, 0.1) is 13.8 Å². The van der Waals surface area contributed by atoms with Crippen LogP contribution in [0.4, 0.5) is 11.4 Å². The van der Waals surface area contributed by atoms with Crippen LogP contribution in [-0.2, 0) is 0 Å². The highest BCUT2D eigenvalue weighted by atomic mass is 16.5. The smallest absolute Gasteiger partial charge is 0.0838 e. The van der Waals surface area contributed by atoms with Gasteiger partial charge >= 0.3 is 0 Å². The van der Waals surface area contributed by atoms with Crippen LogP contribution < -0.4 is 10.4 Å². The lowest BCUT2D eigenvalue weighted by molar-refractivity contribution is 0.389. The van der Waals surface area contributed by atoms with E-state index in [9.17, 15) is 0 Å². The van der Waals surface area contributed by atoms with Crippen molar-refractivity contribution in [1.29, 1.82) is 0 Å². The van der Waals surface area contributed by atoms with E-state index in [1.807, 2.05) is 20.0 Å². The second kappa shape index (κ2) is 4.33. The SMILES string of the molecule is CCN(C)c1cc(C)c(C)cc1NO. The molecule has 0 fully saturated rings. The second-order valence-corrected chi connectivity index (χ2v) is 3.58. The van der Waals surface area contributed by atoms with Crippen molar-refractivity contribution in [3.05, 3.63) is 23.3 Å². The molecule has 0 aliphatic carbocycles. The zero-order valence-corrected chi connectivity index (χ0v) is 9.26. The molecular formula is C11H18N2O.